The van der Waals surface area contributed by atoms with E-state index in [4.69, 9.17) is 14.5 Å². The summed E-state index contributed by atoms with van der Waals surface area (Å²) in [5, 5.41) is 10.7. The van der Waals surface area contributed by atoms with E-state index in [1.54, 1.807) is 0 Å². The molecule has 0 spiro atoms. The van der Waals surface area contributed by atoms with E-state index in [1.165, 1.54) is 5.56 Å². The Morgan fingerprint density at radius 3 is 2.83 bits per heavy atom. The van der Waals surface area contributed by atoms with Crippen molar-refractivity contribution in [3.8, 4) is 11.5 Å². The van der Waals surface area contributed by atoms with Gasteiger partial charge in [-0.3, -0.25) is 9.88 Å². The standard InChI is InChI=1S/C18H22N2O3/c1-12-13(11-20-6-4-14(21)5-7-20)10-15-16(19-12)2-3-17-18(15)23-9-8-22-17/h2-3,10,14,21H,4-9,11H2,1H3. The summed E-state index contributed by atoms with van der Waals surface area (Å²) in [5.74, 6) is 1.62. The van der Waals surface area contributed by atoms with Gasteiger partial charge < -0.3 is 14.6 Å². The highest BCUT2D eigenvalue weighted by Gasteiger charge is 2.20. The lowest BCUT2D eigenvalue weighted by Crippen LogP contribution is -2.35. The highest BCUT2D eigenvalue weighted by Crippen LogP contribution is 2.37. The molecule has 2 aliphatic heterocycles. The lowest BCUT2D eigenvalue weighted by Gasteiger charge is -2.30. The van der Waals surface area contributed by atoms with E-state index in [2.05, 4.69) is 17.9 Å². The molecule has 23 heavy (non-hydrogen) atoms. The lowest BCUT2D eigenvalue weighted by atomic mass is 10.0. The number of aromatic nitrogens is 1. The lowest BCUT2D eigenvalue weighted by molar-refractivity contribution is 0.0791. The molecule has 0 aliphatic carbocycles. The summed E-state index contributed by atoms with van der Waals surface area (Å²) in [4.78, 5) is 7.14. The molecule has 0 saturated carbocycles. The van der Waals surface area contributed by atoms with Crippen molar-refractivity contribution in [3.63, 3.8) is 0 Å². The van der Waals surface area contributed by atoms with E-state index >= 15 is 0 Å². The predicted molar refractivity (Wildman–Crippen MR) is 88.0 cm³/mol. The van der Waals surface area contributed by atoms with Crippen LogP contribution >= 0.6 is 0 Å². The summed E-state index contributed by atoms with van der Waals surface area (Å²) in [7, 11) is 0. The molecule has 122 valence electrons. The zero-order chi connectivity index (χ0) is 15.8. The van der Waals surface area contributed by atoms with Crippen molar-refractivity contribution in [1.82, 2.24) is 9.88 Å². The maximum atomic E-state index is 9.65. The van der Waals surface area contributed by atoms with E-state index < -0.39 is 0 Å². The minimum absolute atomic E-state index is 0.139. The Labute approximate surface area is 135 Å². The number of aryl methyl sites for hydroxylation is 1. The average molecular weight is 314 g/mol. The van der Waals surface area contributed by atoms with Crippen LogP contribution in [0.2, 0.25) is 0 Å². The van der Waals surface area contributed by atoms with E-state index in [0.29, 0.717) is 13.2 Å². The van der Waals surface area contributed by atoms with E-state index in [1.807, 2.05) is 12.1 Å². The molecule has 0 unspecified atom stereocenters. The molecule has 5 nitrogen and oxygen atoms in total. The number of aliphatic hydroxyl groups is 1. The smallest absolute Gasteiger partial charge is 0.170 e. The van der Waals surface area contributed by atoms with Crippen LogP contribution in [0, 0.1) is 6.92 Å². The van der Waals surface area contributed by atoms with Crippen LogP contribution < -0.4 is 9.47 Å². The van der Waals surface area contributed by atoms with E-state index in [-0.39, 0.29) is 6.10 Å². The zero-order valence-corrected chi connectivity index (χ0v) is 13.4. The van der Waals surface area contributed by atoms with Crippen molar-refractivity contribution in [2.24, 2.45) is 0 Å². The molecule has 1 saturated heterocycles. The second kappa shape index (κ2) is 5.98. The fourth-order valence-electron chi connectivity index (χ4n) is 3.37. The number of ether oxygens (including phenoxy) is 2. The van der Waals surface area contributed by atoms with Gasteiger partial charge in [0.05, 0.1) is 11.6 Å². The fraction of sp³-hybridized carbons (Fsp3) is 0.500. The summed E-state index contributed by atoms with van der Waals surface area (Å²) < 4.78 is 11.5. The Kier molecular flexibility index (Phi) is 3.83. The van der Waals surface area contributed by atoms with Crippen LogP contribution in [0.1, 0.15) is 24.1 Å². The molecule has 3 heterocycles. The Bertz CT molecular complexity index is 724. The molecular weight excluding hydrogens is 292 g/mol. The number of pyridine rings is 1. The van der Waals surface area contributed by atoms with Gasteiger partial charge in [0, 0.05) is 30.7 Å². The third kappa shape index (κ3) is 2.86. The van der Waals surface area contributed by atoms with Crippen molar-refractivity contribution in [3.05, 3.63) is 29.5 Å². The van der Waals surface area contributed by atoms with Gasteiger partial charge in [0.1, 0.15) is 13.2 Å². The number of benzene rings is 1. The summed E-state index contributed by atoms with van der Waals surface area (Å²) in [6, 6.07) is 6.13. The molecule has 0 amide bonds. The monoisotopic (exact) mass is 314 g/mol. The quantitative estimate of drug-likeness (QED) is 0.921. The van der Waals surface area contributed by atoms with Gasteiger partial charge in [0.2, 0.25) is 0 Å². The highest BCUT2D eigenvalue weighted by atomic mass is 16.6. The number of rotatable bonds is 2. The largest absolute Gasteiger partial charge is 0.486 e. The van der Waals surface area contributed by atoms with Gasteiger partial charge in [-0.05, 0) is 43.5 Å². The minimum atomic E-state index is -0.139. The third-order valence-electron chi connectivity index (χ3n) is 4.75. The van der Waals surface area contributed by atoms with Gasteiger partial charge in [-0.1, -0.05) is 0 Å². The first-order valence-electron chi connectivity index (χ1n) is 8.30. The molecule has 4 rings (SSSR count). The van der Waals surface area contributed by atoms with Crippen LogP contribution in [0.4, 0.5) is 0 Å². The maximum absolute atomic E-state index is 9.65. The number of hydrogen-bond donors (Lipinski definition) is 1. The molecule has 1 fully saturated rings. The van der Waals surface area contributed by atoms with Gasteiger partial charge in [0.15, 0.2) is 11.5 Å². The van der Waals surface area contributed by atoms with Crippen molar-refractivity contribution < 1.29 is 14.6 Å². The summed E-state index contributed by atoms with van der Waals surface area (Å²) in [6.45, 7) is 5.98. The normalized spacial score (nSPS) is 19.2. The number of fused-ring (bicyclic) bond motifs is 3. The Hall–Kier alpha value is -1.85. The van der Waals surface area contributed by atoms with Crippen LogP contribution in [-0.2, 0) is 6.54 Å². The van der Waals surface area contributed by atoms with Crippen molar-refractivity contribution in [1.29, 1.82) is 0 Å². The van der Waals surface area contributed by atoms with Crippen LogP contribution in [-0.4, -0.2) is 47.4 Å². The average Bonchev–Trinajstić information content (AvgIpc) is 2.57. The van der Waals surface area contributed by atoms with E-state index in [9.17, 15) is 5.11 Å². The number of nitrogens with zero attached hydrogens (tertiary/aromatic N) is 2. The molecule has 5 heteroatoms. The van der Waals surface area contributed by atoms with Gasteiger partial charge >= 0.3 is 0 Å². The van der Waals surface area contributed by atoms with Crippen molar-refractivity contribution >= 4 is 10.9 Å². The molecule has 2 aliphatic rings. The summed E-state index contributed by atoms with van der Waals surface area (Å²) >= 11 is 0. The van der Waals surface area contributed by atoms with Crippen LogP contribution in [0.25, 0.3) is 10.9 Å². The Balaban J connectivity index is 1.68. The zero-order valence-electron chi connectivity index (χ0n) is 13.4. The van der Waals surface area contributed by atoms with Gasteiger partial charge in [-0.15, -0.1) is 0 Å². The van der Waals surface area contributed by atoms with Crippen LogP contribution in [0.5, 0.6) is 11.5 Å². The number of piperidine rings is 1. The fourth-order valence-corrected chi connectivity index (χ4v) is 3.37. The number of aliphatic hydroxyl groups excluding tert-OH is 1. The molecule has 1 aromatic heterocycles. The first-order chi connectivity index (χ1) is 11.2. The van der Waals surface area contributed by atoms with Gasteiger partial charge in [0.25, 0.3) is 0 Å². The third-order valence-corrected chi connectivity index (χ3v) is 4.75. The molecule has 0 bridgehead atoms. The molecule has 0 atom stereocenters. The summed E-state index contributed by atoms with van der Waals surface area (Å²) in [6.07, 6.45) is 1.57. The molecular formula is C18H22N2O3. The highest BCUT2D eigenvalue weighted by molar-refractivity contribution is 5.88. The summed E-state index contributed by atoms with van der Waals surface area (Å²) in [5.41, 5.74) is 3.22. The Morgan fingerprint density at radius 1 is 1.22 bits per heavy atom. The first-order valence-corrected chi connectivity index (χ1v) is 8.30. The minimum Gasteiger partial charge on any atom is -0.486 e. The second-order valence-corrected chi connectivity index (χ2v) is 6.40. The topological polar surface area (TPSA) is 54.8 Å². The molecule has 0 radical (unpaired) electrons. The van der Waals surface area contributed by atoms with Crippen molar-refractivity contribution in [2.45, 2.75) is 32.4 Å². The molecule has 1 N–H and O–H groups in total. The number of hydrogen-bond acceptors (Lipinski definition) is 5. The molecule has 2 aromatic rings. The predicted octanol–water partition coefficient (Wildman–Crippen LogP) is 2.27. The first kappa shape index (κ1) is 14.7. The van der Waals surface area contributed by atoms with Crippen molar-refractivity contribution in [2.75, 3.05) is 26.3 Å². The van der Waals surface area contributed by atoms with Gasteiger partial charge in [-0.25, -0.2) is 0 Å². The number of likely N-dealkylation sites (tertiary alicyclic amines) is 1. The second-order valence-electron chi connectivity index (χ2n) is 6.40. The van der Waals surface area contributed by atoms with Gasteiger partial charge in [-0.2, -0.15) is 0 Å². The SMILES string of the molecule is Cc1nc2ccc3c(c2cc1CN1CCC(O)CC1)OCCO3. The van der Waals surface area contributed by atoms with Crippen LogP contribution in [0.15, 0.2) is 18.2 Å². The van der Waals surface area contributed by atoms with E-state index in [0.717, 1.165) is 60.6 Å². The van der Waals surface area contributed by atoms with Crippen LogP contribution in [0.3, 0.4) is 0 Å². The maximum Gasteiger partial charge on any atom is 0.170 e. The molecule has 1 aromatic carbocycles. The Morgan fingerprint density at radius 2 is 2.00 bits per heavy atom.